The Morgan fingerprint density at radius 3 is 2.88 bits per heavy atom. The minimum atomic E-state index is -0.307. The number of rotatable bonds is 7. The van der Waals surface area contributed by atoms with Crippen LogP contribution in [0.1, 0.15) is 52.4 Å². The van der Waals surface area contributed by atoms with Gasteiger partial charge in [-0.15, -0.1) is 0 Å². The zero-order chi connectivity index (χ0) is 12.5. The Bertz CT molecular complexity index is 210. The highest BCUT2D eigenvalue weighted by Gasteiger charge is 2.17. The first-order valence-corrected chi connectivity index (χ1v) is 6.80. The van der Waals surface area contributed by atoms with E-state index in [1.165, 1.54) is 6.42 Å². The number of hydrogen-bond acceptors (Lipinski definition) is 3. The minimum absolute atomic E-state index is 0.000730. The van der Waals surface area contributed by atoms with Crippen LogP contribution in [0.25, 0.3) is 0 Å². The fraction of sp³-hybridized carbons (Fsp3) is 0.857. The van der Waals surface area contributed by atoms with Crippen LogP contribution in [0.15, 0.2) is 12.2 Å². The molecule has 0 saturated carbocycles. The van der Waals surface area contributed by atoms with Crippen molar-refractivity contribution in [1.29, 1.82) is 0 Å². The SMILES string of the molecule is C/C=C/C(O)CCCC(C)OC1CCCCO1. The summed E-state index contributed by atoms with van der Waals surface area (Å²) in [6, 6.07) is 0. The average Bonchev–Trinajstić information content (AvgIpc) is 2.30. The summed E-state index contributed by atoms with van der Waals surface area (Å²) in [4.78, 5) is 0. The van der Waals surface area contributed by atoms with E-state index in [-0.39, 0.29) is 18.5 Å². The molecule has 3 nitrogen and oxygen atoms in total. The van der Waals surface area contributed by atoms with Gasteiger partial charge in [-0.3, -0.25) is 0 Å². The molecule has 3 heteroatoms. The van der Waals surface area contributed by atoms with Crippen LogP contribution in [-0.4, -0.2) is 30.2 Å². The van der Waals surface area contributed by atoms with Gasteiger partial charge in [-0.1, -0.05) is 12.2 Å². The summed E-state index contributed by atoms with van der Waals surface area (Å²) >= 11 is 0. The van der Waals surface area contributed by atoms with Gasteiger partial charge >= 0.3 is 0 Å². The Morgan fingerprint density at radius 2 is 2.24 bits per heavy atom. The lowest BCUT2D eigenvalue weighted by Gasteiger charge is -2.26. The molecule has 1 aliphatic rings. The van der Waals surface area contributed by atoms with Crippen LogP contribution in [0.4, 0.5) is 0 Å². The highest BCUT2D eigenvalue weighted by Crippen LogP contribution is 2.17. The lowest BCUT2D eigenvalue weighted by atomic mass is 10.1. The van der Waals surface area contributed by atoms with E-state index < -0.39 is 0 Å². The van der Waals surface area contributed by atoms with Crippen molar-refractivity contribution < 1.29 is 14.6 Å². The molecule has 0 radical (unpaired) electrons. The molecule has 1 N–H and O–H groups in total. The molecule has 0 aliphatic carbocycles. The van der Waals surface area contributed by atoms with E-state index in [4.69, 9.17) is 9.47 Å². The fourth-order valence-corrected chi connectivity index (χ4v) is 2.08. The molecule has 1 aliphatic heterocycles. The Balaban J connectivity index is 2.05. The van der Waals surface area contributed by atoms with Crippen LogP contribution >= 0.6 is 0 Å². The molecule has 1 rings (SSSR count). The first kappa shape index (κ1) is 14.7. The molecule has 17 heavy (non-hydrogen) atoms. The van der Waals surface area contributed by atoms with E-state index in [2.05, 4.69) is 6.92 Å². The summed E-state index contributed by atoms with van der Waals surface area (Å²) in [6.07, 6.45) is 9.79. The number of ether oxygens (including phenoxy) is 2. The van der Waals surface area contributed by atoms with Gasteiger partial charge in [0.1, 0.15) is 0 Å². The number of hydrogen-bond donors (Lipinski definition) is 1. The van der Waals surface area contributed by atoms with E-state index in [0.717, 1.165) is 38.7 Å². The van der Waals surface area contributed by atoms with Crippen molar-refractivity contribution in [2.24, 2.45) is 0 Å². The maximum Gasteiger partial charge on any atom is 0.157 e. The molecule has 0 amide bonds. The predicted octanol–water partition coefficient (Wildman–Crippen LogP) is 3.03. The van der Waals surface area contributed by atoms with Gasteiger partial charge < -0.3 is 14.6 Å². The second-order valence-corrected chi connectivity index (χ2v) is 4.77. The molecule has 0 bridgehead atoms. The van der Waals surface area contributed by atoms with Gasteiger partial charge in [-0.25, -0.2) is 0 Å². The third-order valence-corrected chi connectivity index (χ3v) is 3.05. The average molecular weight is 242 g/mol. The first-order chi connectivity index (χ1) is 8.22. The molecule has 0 aromatic heterocycles. The number of aliphatic hydroxyl groups is 1. The smallest absolute Gasteiger partial charge is 0.157 e. The molecule has 0 aromatic carbocycles. The van der Waals surface area contributed by atoms with Crippen molar-refractivity contribution in [3.63, 3.8) is 0 Å². The Hall–Kier alpha value is -0.380. The fourth-order valence-electron chi connectivity index (χ4n) is 2.08. The third-order valence-electron chi connectivity index (χ3n) is 3.05. The molecule has 3 unspecified atom stereocenters. The van der Waals surface area contributed by atoms with Crippen LogP contribution < -0.4 is 0 Å². The van der Waals surface area contributed by atoms with E-state index in [1.807, 2.05) is 19.1 Å². The van der Waals surface area contributed by atoms with Crippen LogP contribution in [-0.2, 0) is 9.47 Å². The quantitative estimate of drug-likeness (QED) is 0.697. The van der Waals surface area contributed by atoms with E-state index in [9.17, 15) is 5.11 Å². The molecule has 0 spiro atoms. The van der Waals surface area contributed by atoms with Crippen LogP contribution in [0.2, 0.25) is 0 Å². The molecule has 3 atom stereocenters. The topological polar surface area (TPSA) is 38.7 Å². The lowest BCUT2D eigenvalue weighted by Crippen LogP contribution is -2.26. The lowest BCUT2D eigenvalue weighted by molar-refractivity contribution is -0.185. The van der Waals surface area contributed by atoms with Gasteiger partial charge in [0.2, 0.25) is 0 Å². The van der Waals surface area contributed by atoms with Crippen LogP contribution in [0.5, 0.6) is 0 Å². The van der Waals surface area contributed by atoms with Crippen molar-refractivity contribution >= 4 is 0 Å². The Labute approximate surface area is 105 Å². The van der Waals surface area contributed by atoms with E-state index in [1.54, 1.807) is 0 Å². The molecular formula is C14H26O3. The molecule has 1 fully saturated rings. The highest BCUT2D eigenvalue weighted by atomic mass is 16.7. The van der Waals surface area contributed by atoms with E-state index >= 15 is 0 Å². The predicted molar refractivity (Wildman–Crippen MR) is 68.8 cm³/mol. The van der Waals surface area contributed by atoms with E-state index in [0.29, 0.717) is 0 Å². The standard InChI is InChI=1S/C14H26O3/c1-3-7-13(15)9-6-8-12(2)17-14-10-4-5-11-16-14/h3,7,12-15H,4-6,8-11H2,1-2H3/b7-3+. The summed E-state index contributed by atoms with van der Waals surface area (Å²) in [6.45, 7) is 4.84. The summed E-state index contributed by atoms with van der Waals surface area (Å²) in [5.41, 5.74) is 0. The van der Waals surface area contributed by atoms with Gasteiger partial charge in [0.05, 0.1) is 12.2 Å². The minimum Gasteiger partial charge on any atom is -0.389 e. The summed E-state index contributed by atoms with van der Waals surface area (Å²) in [5, 5.41) is 9.53. The van der Waals surface area contributed by atoms with Gasteiger partial charge in [0.25, 0.3) is 0 Å². The van der Waals surface area contributed by atoms with Gasteiger partial charge in [-0.2, -0.15) is 0 Å². The molecule has 0 aromatic rings. The molecular weight excluding hydrogens is 216 g/mol. The normalized spacial score (nSPS) is 25.0. The van der Waals surface area contributed by atoms with Crippen molar-refractivity contribution in [3.8, 4) is 0 Å². The largest absolute Gasteiger partial charge is 0.389 e. The van der Waals surface area contributed by atoms with Crippen molar-refractivity contribution in [1.82, 2.24) is 0 Å². The van der Waals surface area contributed by atoms with Gasteiger partial charge in [-0.05, 0) is 52.4 Å². The van der Waals surface area contributed by atoms with Crippen LogP contribution in [0, 0.1) is 0 Å². The zero-order valence-electron chi connectivity index (χ0n) is 11.1. The Morgan fingerprint density at radius 1 is 1.41 bits per heavy atom. The van der Waals surface area contributed by atoms with Crippen molar-refractivity contribution in [2.45, 2.75) is 70.9 Å². The monoisotopic (exact) mass is 242 g/mol. The Kier molecular flexibility index (Phi) is 7.49. The van der Waals surface area contributed by atoms with Gasteiger partial charge in [0, 0.05) is 6.61 Å². The second-order valence-electron chi connectivity index (χ2n) is 4.77. The highest BCUT2D eigenvalue weighted by molar-refractivity contribution is 4.85. The first-order valence-electron chi connectivity index (χ1n) is 6.80. The summed E-state index contributed by atoms with van der Waals surface area (Å²) in [5.74, 6) is 0. The number of allylic oxidation sites excluding steroid dienone is 1. The summed E-state index contributed by atoms with van der Waals surface area (Å²) in [7, 11) is 0. The summed E-state index contributed by atoms with van der Waals surface area (Å²) < 4.78 is 11.3. The van der Waals surface area contributed by atoms with Crippen LogP contribution in [0.3, 0.4) is 0 Å². The molecule has 1 saturated heterocycles. The maximum atomic E-state index is 9.53. The maximum absolute atomic E-state index is 9.53. The third kappa shape index (κ3) is 6.81. The zero-order valence-corrected chi connectivity index (χ0v) is 11.1. The van der Waals surface area contributed by atoms with Gasteiger partial charge in [0.15, 0.2) is 6.29 Å². The second kappa shape index (κ2) is 8.67. The van der Waals surface area contributed by atoms with Crippen molar-refractivity contribution in [2.75, 3.05) is 6.61 Å². The molecule has 1 heterocycles. The molecule has 100 valence electrons. The number of aliphatic hydroxyl groups excluding tert-OH is 1. The van der Waals surface area contributed by atoms with Crippen molar-refractivity contribution in [3.05, 3.63) is 12.2 Å².